The summed E-state index contributed by atoms with van der Waals surface area (Å²) >= 11 is 0. The Morgan fingerprint density at radius 1 is 0.800 bits per heavy atom. The van der Waals surface area contributed by atoms with E-state index in [-0.39, 0.29) is 0 Å². The minimum absolute atomic E-state index is 0.879. The van der Waals surface area contributed by atoms with Crippen LogP contribution in [-0.2, 0) is 0 Å². The van der Waals surface area contributed by atoms with Crippen LogP contribution in [0.4, 0.5) is 0 Å². The smallest absolute Gasteiger partial charge is 0.00368 e. The van der Waals surface area contributed by atoms with Crippen molar-refractivity contribution >= 4 is 0 Å². The Labute approximate surface area is 96.2 Å². The molecular formula is C13H30N2. The summed E-state index contributed by atoms with van der Waals surface area (Å²) in [5.41, 5.74) is 0. The Balaban J connectivity index is 2.87. The normalized spacial score (nSPS) is 11.2. The third-order valence-corrected chi connectivity index (χ3v) is 2.67. The molecule has 0 saturated heterocycles. The van der Waals surface area contributed by atoms with Gasteiger partial charge >= 0.3 is 0 Å². The largest absolute Gasteiger partial charge is 0.320 e. The molecule has 0 spiro atoms. The van der Waals surface area contributed by atoms with Crippen LogP contribution in [0.1, 0.15) is 52.4 Å². The van der Waals surface area contributed by atoms with Crippen molar-refractivity contribution in [1.29, 1.82) is 0 Å². The van der Waals surface area contributed by atoms with Gasteiger partial charge < -0.3 is 10.6 Å². The second-order valence-corrected chi connectivity index (χ2v) is 4.80. The maximum atomic E-state index is 3.48. The van der Waals surface area contributed by atoms with E-state index in [1.165, 1.54) is 45.1 Å². The molecule has 0 radical (unpaired) electrons. The van der Waals surface area contributed by atoms with Crippen LogP contribution >= 0.6 is 0 Å². The lowest BCUT2D eigenvalue weighted by molar-refractivity contribution is 0.510. The summed E-state index contributed by atoms with van der Waals surface area (Å²) in [6, 6.07) is 0. The summed E-state index contributed by atoms with van der Waals surface area (Å²) in [6.07, 6.45) is 8.21. The van der Waals surface area contributed by atoms with E-state index in [1.54, 1.807) is 0 Å². The van der Waals surface area contributed by atoms with E-state index in [1.807, 2.05) is 7.05 Å². The molecule has 92 valence electrons. The molecule has 0 aromatic carbocycles. The molecule has 2 heteroatoms. The summed E-state index contributed by atoms with van der Waals surface area (Å²) < 4.78 is 0. The molecule has 0 saturated carbocycles. The van der Waals surface area contributed by atoms with Gasteiger partial charge in [-0.25, -0.2) is 0 Å². The zero-order valence-corrected chi connectivity index (χ0v) is 10.9. The maximum absolute atomic E-state index is 3.48. The summed E-state index contributed by atoms with van der Waals surface area (Å²) in [4.78, 5) is 0. The molecule has 0 aliphatic rings. The third-order valence-electron chi connectivity index (χ3n) is 2.67. The zero-order valence-electron chi connectivity index (χ0n) is 10.9. The van der Waals surface area contributed by atoms with Crippen molar-refractivity contribution in [2.45, 2.75) is 52.4 Å². The van der Waals surface area contributed by atoms with Crippen molar-refractivity contribution in [3.8, 4) is 0 Å². The fraction of sp³-hybridized carbons (Fsp3) is 1.00. The summed E-state index contributed by atoms with van der Waals surface area (Å²) in [6.45, 7) is 8.10. The van der Waals surface area contributed by atoms with Crippen molar-refractivity contribution < 1.29 is 0 Å². The van der Waals surface area contributed by atoms with E-state index in [9.17, 15) is 0 Å². The molecule has 2 nitrogen and oxygen atoms in total. The Morgan fingerprint density at radius 3 is 2.13 bits per heavy atom. The molecule has 0 aliphatic heterocycles. The highest BCUT2D eigenvalue weighted by Gasteiger charge is 1.94. The van der Waals surface area contributed by atoms with E-state index >= 15 is 0 Å². The first-order chi connectivity index (χ1) is 7.27. The average Bonchev–Trinajstić information content (AvgIpc) is 2.20. The van der Waals surface area contributed by atoms with E-state index in [0.29, 0.717) is 0 Å². The second-order valence-electron chi connectivity index (χ2n) is 4.80. The SMILES string of the molecule is CNCCCNCCCCCCC(C)C. The van der Waals surface area contributed by atoms with Gasteiger partial charge in [-0.05, 0) is 45.4 Å². The third kappa shape index (κ3) is 13.9. The predicted molar refractivity (Wildman–Crippen MR) is 69.3 cm³/mol. The highest BCUT2D eigenvalue weighted by atomic mass is 14.9. The first-order valence-corrected chi connectivity index (χ1v) is 6.62. The molecule has 2 N–H and O–H groups in total. The monoisotopic (exact) mass is 214 g/mol. The van der Waals surface area contributed by atoms with Gasteiger partial charge in [0, 0.05) is 0 Å². The van der Waals surface area contributed by atoms with Crippen molar-refractivity contribution in [1.82, 2.24) is 10.6 Å². The van der Waals surface area contributed by atoms with Gasteiger partial charge in [0.1, 0.15) is 0 Å². The van der Waals surface area contributed by atoms with Crippen LogP contribution in [-0.4, -0.2) is 26.7 Å². The summed E-state index contributed by atoms with van der Waals surface area (Å²) in [5, 5.41) is 6.64. The van der Waals surface area contributed by atoms with Gasteiger partial charge in [0.25, 0.3) is 0 Å². The number of nitrogens with one attached hydrogen (secondary N) is 2. The van der Waals surface area contributed by atoms with Crippen LogP contribution in [0, 0.1) is 5.92 Å². The van der Waals surface area contributed by atoms with Crippen LogP contribution in [0.5, 0.6) is 0 Å². The van der Waals surface area contributed by atoms with Crippen molar-refractivity contribution in [3.05, 3.63) is 0 Å². The van der Waals surface area contributed by atoms with Crippen LogP contribution in [0.3, 0.4) is 0 Å². The minimum Gasteiger partial charge on any atom is -0.320 e. The molecule has 15 heavy (non-hydrogen) atoms. The predicted octanol–water partition coefficient (Wildman–Crippen LogP) is 2.79. The van der Waals surface area contributed by atoms with Gasteiger partial charge in [0.05, 0.1) is 0 Å². The van der Waals surface area contributed by atoms with Gasteiger partial charge in [0.2, 0.25) is 0 Å². The molecular weight excluding hydrogens is 184 g/mol. The molecule has 0 amide bonds. The molecule has 0 atom stereocenters. The van der Waals surface area contributed by atoms with E-state index in [2.05, 4.69) is 24.5 Å². The first kappa shape index (κ1) is 14.9. The van der Waals surface area contributed by atoms with E-state index < -0.39 is 0 Å². The Morgan fingerprint density at radius 2 is 1.47 bits per heavy atom. The molecule has 0 unspecified atom stereocenters. The molecule has 0 aromatic rings. The maximum Gasteiger partial charge on any atom is -0.00368 e. The second kappa shape index (κ2) is 12.0. The van der Waals surface area contributed by atoms with Gasteiger partial charge in [0.15, 0.2) is 0 Å². The highest BCUT2D eigenvalue weighted by Crippen LogP contribution is 2.08. The van der Waals surface area contributed by atoms with Crippen molar-refractivity contribution in [2.24, 2.45) is 5.92 Å². The zero-order chi connectivity index (χ0) is 11.4. The van der Waals surface area contributed by atoms with Gasteiger partial charge in [-0.1, -0.05) is 39.5 Å². The molecule has 0 aromatic heterocycles. The number of hydrogen-bond donors (Lipinski definition) is 2. The van der Waals surface area contributed by atoms with Crippen LogP contribution in [0.15, 0.2) is 0 Å². The molecule has 0 fully saturated rings. The quantitative estimate of drug-likeness (QED) is 0.517. The van der Waals surface area contributed by atoms with Gasteiger partial charge in [-0.2, -0.15) is 0 Å². The Hall–Kier alpha value is -0.0800. The molecule has 0 rings (SSSR count). The highest BCUT2D eigenvalue weighted by molar-refractivity contribution is 4.52. The minimum atomic E-state index is 0.879. The fourth-order valence-electron chi connectivity index (χ4n) is 1.67. The Kier molecular flexibility index (Phi) is 11.9. The number of unbranched alkanes of at least 4 members (excludes halogenated alkanes) is 3. The first-order valence-electron chi connectivity index (χ1n) is 6.62. The van der Waals surface area contributed by atoms with Crippen LogP contribution in [0.2, 0.25) is 0 Å². The van der Waals surface area contributed by atoms with Gasteiger partial charge in [-0.15, -0.1) is 0 Å². The number of hydrogen-bond acceptors (Lipinski definition) is 2. The van der Waals surface area contributed by atoms with Crippen molar-refractivity contribution in [3.63, 3.8) is 0 Å². The van der Waals surface area contributed by atoms with Crippen LogP contribution in [0.25, 0.3) is 0 Å². The molecule has 0 bridgehead atoms. The fourth-order valence-corrected chi connectivity index (χ4v) is 1.67. The summed E-state index contributed by atoms with van der Waals surface area (Å²) in [7, 11) is 2.01. The lowest BCUT2D eigenvalue weighted by Crippen LogP contribution is -2.20. The van der Waals surface area contributed by atoms with Gasteiger partial charge in [-0.3, -0.25) is 0 Å². The molecule has 0 aliphatic carbocycles. The average molecular weight is 214 g/mol. The van der Waals surface area contributed by atoms with Crippen LogP contribution < -0.4 is 10.6 Å². The van der Waals surface area contributed by atoms with E-state index in [4.69, 9.17) is 0 Å². The molecule has 0 heterocycles. The standard InChI is InChI=1S/C13H30N2/c1-13(2)9-6-4-5-7-11-15-12-8-10-14-3/h13-15H,4-12H2,1-3H3. The lowest BCUT2D eigenvalue weighted by atomic mass is 10.0. The summed E-state index contributed by atoms with van der Waals surface area (Å²) in [5.74, 6) is 0.879. The van der Waals surface area contributed by atoms with E-state index in [0.717, 1.165) is 19.0 Å². The topological polar surface area (TPSA) is 24.1 Å². The van der Waals surface area contributed by atoms with Crippen molar-refractivity contribution in [2.75, 3.05) is 26.7 Å². The Bertz CT molecular complexity index is 113. The lowest BCUT2D eigenvalue weighted by Gasteiger charge is -2.05. The number of rotatable bonds is 11.